The molecule has 140 valence electrons. The molecule has 0 saturated carbocycles. The van der Waals surface area contributed by atoms with E-state index in [1.807, 2.05) is 60.7 Å². The molecule has 4 rings (SSSR count). The molecule has 2 heterocycles. The van der Waals surface area contributed by atoms with Crippen LogP contribution in [-0.4, -0.2) is 23.5 Å². The Morgan fingerprint density at radius 1 is 1.04 bits per heavy atom. The molecule has 2 aromatic carbocycles. The van der Waals surface area contributed by atoms with Crippen LogP contribution in [0.3, 0.4) is 0 Å². The highest BCUT2D eigenvalue weighted by Gasteiger charge is 2.22. The number of nitrogens with one attached hydrogen (secondary N) is 1. The van der Waals surface area contributed by atoms with E-state index in [1.165, 1.54) is 11.3 Å². The topological polar surface area (TPSA) is 68.3 Å². The molecule has 0 saturated heterocycles. The fraction of sp³-hybridized carbons (Fsp3) is 0.0952. The lowest BCUT2D eigenvalue weighted by Crippen LogP contribution is -2.09. The van der Waals surface area contributed by atoms with E-state index in [0.717, 1.165) is 27.0 Å². The van der Waals surface area contributed by atoms with E-state index >= 15 is 0 Å². The minimum atomic E-state index is -0.443. The zero-order valence-corrected chi connectivity index (χ0v) is 16.6. The van der Waals surface area contributed by atoms with Crippen molar-refractivity contribution in [2.24, 2.45) is 0 Å². The second kappa shape index (κ2) is 7.92. The number of carbonyl (C=O) groups excluding carboxylic acids is 2. The maximum atomic E-state index is 12.7. The number of hydrogen-bond acceptors (Lipinski definition) is 6. The SMILES string of the molecule is CCOC(=O)c1sc(NC(=O)c2cc3ccccc3s2)nc1-c1ccccc1. The van der Waals surface area contributed by atoms with Crippen LogP contribution in [0.15, 0.2) is 60.7 Å². The number of thiazole rings is 1. The van der Waals surface area contributed by atoms with Gasteiger partial charge in [0, 0.05) is 10.3 Å². The fourth-order valence-corrected chi connectivity index (χ4v) is 4.59. The van der Waals surface area contributed by atoms with Crippen LogP contribution in [0, 0.1) is 0 Å². The lowest BCUT2D eigenvalue weighted by Gasteiger charge is -2.01. The molecule has 0 aliphatic carbocycles. The Balaban J connectivity index is 1.65. The number of benzene rings is 2. The van der Waals surface area contributed by atoms with E-state index in [0.29, 0.717) is 20.6 Å². The van der Waals surface area contributed by atoms with E-state index in [2.05, 4.69) is 10.3 Å². The molecule has 1 amide bonds. The highest BCUT2D eigenvalue weighted by molar-refractivity contribution is 7.21. The molecule has 0 aliphatic rings. The van der Waals surface area contributed by atoms with Crippen LogP contribution in [0.25, 0.3) is 21.3 Å². The average molecular weight is 409 g/mol. The van der Waals surface area contributed by atoms with Gasteiger partial charge in [0.05, 0.1) is 17.2 Å². The van der Waals surface area contributed by atoms with Crippen molar-refractivity contribution in [1.29, 1.82) is 0 Å². The van der Waals surface area contributed by atoms with Crippen LogP contribution in [-0.2, 0) is 4.74 Å². The van der Waals surface area contributed by atoms with Gasteiger partial charge in [-0.05, 0) is 24.4 Å². The molecular formula is C21H16N2O3S2. The summed E-state index contributed by atoms with van der Waals surface area (Å²) in [5.74, 6) is -0.689. The maximum absolute atomic E-state index is 12.7. The van der Waals surface area contributed by atoms with E-state index in [1.54, 1.807) is 6.92 Å². The first-order valence-corrected chi connectivity index (χ1v) is 10.3. The molecule has 7 heteroatoms. The van der Waals surface area contributed by atoms with Crippen LogP contribution in [0.2, 0.25) is 0 Å². The standard InChI is InChI=1S/C21H16N2O3S2/c1-2-26-20(25)18-17(13-8-4-3-5-9-13)22-21(28-18)23-19(24)16-12-14-10-6-7-11-15(14)27-16/h3-12H,2H2,1H3,(H,22,23,24). The molecule has 0 spiro atoms. The first kappa shape index (κ1) is 18.3. The Hall–Kier alpha value is -3.03. The van der Waals surface area contributed by atoms with Crippen LogP contribution < -0.4 is 5.32 Å². The van der Waals surface area contributed by atoms with Crippen LogP contribution in [0.4, 0.5) is 5.13 Å². The number of anilines is 1. The smallest absolute Gasteiger partial charge is 0.350 e. The minimum Gasteiger partial charge on any atom is -0.462 e. The Morgan fingerprint density at radius 2 is 1.79 bits per heavy atom. The number of thiophene rings is 1. The Morgan fingerprint density at radius 3 is 2.54 bits per heavy atom. The van der Waals surface area contributed by atoms with E-state index in [4.69, 9.17) is 4.74 Å². The molecule has 0 atom stereocenters. The van der Waals surface area contributed by atoms with Gasteiger partial charge in [-0.25, -0.2) is 9.78 Å². The number of ether oxygens (including phenoxy) is 1. The predicted molar refractivity (Wildman–Crippen MR) is 113 cm³/mol. The summed E-state index contributed by atoms with van der Waals surface area (Å²) in [5, 5.41) is 4.21. The highest BCUT2D eigenvalue weighted by atomic mass is 32.1. The summed E-state index contributed by atoms with van der Waals surface area (Å²) in [6.45, 7) is 2.03. The third-order valence-corrected chi connectivity index (χ3v) is 6.07. The van der Waals surface area contributed by atoms with Crippen LogP contribution >= 0.6 is 22.7 Å². The van der Waals surface area contributed by atoms with Crippen molar-refractivity contribution in [3.63, 3.8) is 0 Å². The van der Waals surface area contributed by atoms with E-state index in [-0.39, 0.29) is 12.5 Å². The average Bonchev–Trinajstić information content (AvgIpc) is 3.33. The Labute approximate surface area is 169 Å². The quantitative estimate of drug-likeness (QED) is 0.446. The zero-order valence-electron chi connectivity index (χ0n) is 15.0. The van der Waals surface area contributed by atoms with Gasteiger partial charge in [-0.15, -0.1) is 11.3 Å². The Kier molecular flexibility index (Phi) is 5.18. The number of hydrogen-bond donors (Lipinski definition) is 1. The molecule has 0 radical (unpaired) electrons. The number of rotatable bonds is 5. The van der Waals surface area contributed by atoms with Gasteiger partial charge in [0.1, 0.15) is 4.88 Å². The molecule has 1 N–H and O–H groups in total. The van der Waals surface area contributed by atoms with Gasteiger partial charge in [-0.1, -0.05) is 59.9 Å². The maximum Gasteiger partial charge on any atom is 0.350 e. The van der Waals surface area contributed by atoms with Gasteiger partial charge < -0.3 is 4.74 Å². The van der Waals surface area contributed by atoms with Gasteiger partial charge in [0.25, 0.3) is 5.91 Å². The van der Waals surface area contributed by atoms with Gasteiger partial charge in [-0.2, -0.15) is 0 Å². The lowest BCUT2D eigenvalue weighted by atomic mass is 10.1. The molecule has 28 heavy (non-hydrogen) atoms. The molecule has 0 bridgehead atoms. The third-order valence-electron chi connectivity index (χ3n) is 4.00. The van der Waals surface area contributed by atoms with E-state index in [9.17, 15) is 9.59 Å². The normalized spacial score (nSPS) is 10.8. The third kappa shape index (κ3) is 3.67. The molecular weight excluding hydrogens is 392 g/mol. The van der Waals surface area contributed by atoms with Gasteiger partial charge in [0.15, 0.2) is 5.13 Å². The zero-order chi connectivity index (χ0) is 19.5. The molecule has 2 aromatic heterocycles. The summed E-state index contributed by atoms with van der Waals surface area (Å²) in [6, 6.07) is 19.1. The van der Waals surface area contributed by atoms with E-state index < -0.39 is 5.97 Å². The van der Waals surface area contributed by atoms with Gasteiger partial charge >= 0.3 is 5.97 Å². The lowest BCUT2D eigenvalue weighted by molar-refractivity contribution is 0.0532. The van der Waals surface area contributed by atoms with Gasteiger partial charge in [0.2, 0.25) is 0 Å². The van der Waals surface area contributed by atoms with Gasteiger partial charge in [-0.3, -0.25) is 10.1 Å². The first-order chi connectivity index (χ1) is 13.7. The largest absolute Gasteiger partial charge is 0.462 e. The van der Waals surface area contributed by atoms with Crippen molar-refractivity contribution >= 4 is 49.8 Å². The van der Waals surface area contributed by atoms with Crippen molar-refractivity contribution < 1.29 is 14.3 Å². The molecule has 0 unspecified atom stereocenters. The number of nitrogens with zero attached hydrogens (tertiary/aromatic N) is 1. The number of carbonyl (C=O) groups is 2. The summed E-state index contributed by atoms with van der Waals surface area (Å²) in [7, 11) is 0. The second-order valence-corrected chi connectivity index (χ2v) is 7.97. The number of aromatic nitrogens is 1. The summed E-state index contributed by atoms with van der Waals surface area (Å²) >= 11 is 2.54. The number of fused-ring (bicyclic) bond motifs is 1. The molecule has 4 aromatic rings. The second-order valence-electron chi connectivity index (χ2n) is 5.89. The van der Waals surface area contributed by atoms with Crippen LogP contribution in [0.5, 0.6) is 0 Å². The monoisotopic (exact) mass is 408 g/mol. The summed E-state index contributed by atoms with van der Waals surface area (Å²) < 4.78 is 6.20. The molecule has 0 fully saturated rings. The van der Waals surface area contributed by atoms with Crippen molar-refractivity contribution in [3.05, 3.63) is 70.4 Å². The minimum absolute atomic E-state index is 0.245. The summed E-state index contributed by atoms with van der Waals surface area (Å²) in [4.78, 5) is 30.5. The fourth-order valence-electron chi connectivity index (χ4n) is 2.75. The van der Waals surface area contributed by atoms with Crippen LogP contribution in [0.1, 0.15) is 26.3 Å². The summed E-state index contributed by atoms with van der Waals surface area (Å²) in [5.41, 5.74) is 1.31. The van der Waals surface area contributed by atoms with Crippen molar-refractivity contribution in [1.82, 2.24) is 4.98 Å². The van der Waals surface area contributed by atoms with Crippen molar-refractivity contribution in [2.75, 3.05) is 11.9 Å². The number of amides is 1. The van der Waals surface area contributed by atoms with Crippen molar-refractivity contribution in [3.8, 4) is 11.3 Å². The number of esters is 1. The first-order valence-electron chi connectivity index (χ1n) is 8.69. The highest BCUT2D eigenvalue weighted by Crippen LogP contribution is 2.33. The molecule has 5 nitrogen and oxygen atoms in total. The summed E-state index contributed by atoms with van der Waals surface area (Å²) in [6.07, 6.45) is 0. The molecule has 0 aliphatic heterocycles. The van der Waals surface area contributed by atoms with Crippen molar-refractivity contribution in [2.45, 2.75) is 6.92 Å². The predicted octanol–water partition coefficient (Wildman–Crippen LogP) is 5.45. The Bertz CT molecular complexity index is 1120.